The molecule has 10 heteroatoms. The van der Waals surface area contributed by atoms with E-state index in [1.54, 1.807) is 45.2 Å². The molecule has 0 saturated heterocycles. The molecule has 0 aliphatic carbocycles. The summed E-state index contributed by atoms with van der Waals surface area (Å²) in [7, 11) is 2.59. The number of hydrazine groups is 1. The maximum Gasteiger partial charge on any atom is 0.428 e. The van der Waals surface area contributed by atoms with Gasteiger partial charge >= 0.3 is 12.1 Å². The van der Waals surface area contributed by atoms with Crippen LogP contribution in [0.2, 0.25) is 0 Å². The average Bonchev–Trinajstić information content (AvgIpc) is 2.88. The van der Waals surface area contributed by atoms with Crippen molar-refractivity contribution in [2.45, 2.75) is 52.6 Å². The highest BCUT2D eigenvalue weighted by atomic mass is 19.1. The number of ether oxygens (including phenoxy) is 3. The predicted octanol–water partition coefficient (Wildman–Crippen LogP) is 5.44. The van der Waals surface area contributed by atoms with Gasteiger partial charge in [0.2, 0.25) is 0 Å². The molecule has 1 N–H and O–H groups in total. The van der Waals surface area contributed by atoms with Gasteiger partial charge in [-0.3, -0.25) is 15.2 Å². The first-order valence-corrected chi connectivity index (χ1v) is 12.6. The topological polar surface area (TPSA) is 107 Å². The Bertz CT molecular complexity index is 1350. The molecule has 0 aliphatic rings. The molecular weight excluding hydrogens is 505 g/mol. The number of hydrogen-bond acceptors (Lipinski definition) is 7. The van der Waals surface area contributed by atoms with E-state index in [0.29, 0.717) is 23.9 Å². The van der Waals surface area contributed by atoms with Gasteiger partial charge in [-0.15, -0.1) is 0 Å². The summed E-state index contributed by atoms with van der Waals surface area (Å²) in [5.41, 5.74) is 3.73. The molecular formula is C29H34FN3O6. The molecule has 1 aromatic heterocycles. The third-order valence-corrected chi connectivity index (χ3v) is 5.64. The Labute approximate surface area is 227 Å². The van der Waals surface area contributed by atoms with Gasteiger partial charge in [-0.2, -0.15) is 0 Å². The summed E-state index contributed by atoms with van der Waals surface area (Å²) < 4.78 is 29.6. The standard InChI is InChI=1S/C29H34FN3O6/c1-7-8-13-38-25-23(27(35)37-6)16-22(26(34)32-33(5)28(36)39-29(2,3)4)21-15-19(17-31-24(21)25)14-18-9-11-20(30)12-10-18/h9-12,15-17H,7-8,13-14H2,1-6H3,(H,32,34). The summed E-state index contributed by atoms with van der Waals surface area (Å²) in [5.74, 6) is -1.50. The minimum absolute atomic E-state index is 0.0324. The Morgan fingerprint density at radius 1 is 1.05 bits per heavy atom. The lowest BCUT2D eigenvalue weighted by Crippen LogP contribution is -2.45. The van der Waals surface area contributed by atoms with E-state index in [1.807, 2.05) is 6.92 Å². The third-order valence-electron chi connectivity index (χ3n) is 5.64. The van der Waals surface area contributed by atoms with Gasteiger partial charge in [0, 0.05) is 18.6 Å². The number of esters is 1. The highest BCUT2D eigenvalue weighted by molar-refractivity contribution is 6.12. The zero-order valence-electron chi connectivity index (χ0n) is 23.1. The Morgan fingerprint density at radius 3 is 2.36 bits per heavy atom. The molecule has 39 heavy (non-hydrogen) atoms. The summed E-state index contributed by atoms with van der Waals surface area (Å²) in [4.78, 5) is 43.2. The summed E-state index contributed by atoms with van der Waals surface area (Å²) in [6, 6.07) is 9.22. The monoisotopic (exact) mass is 539 g/mol. The number of hydrogen-bond donors (Lipinski definition) is 1. The van der Waals surface area contributed by atoms with Crippen molar-refractivity contribution < 1.29 is 33.0 Å². The molecule has 0 spiro atoms. The smallest absolute Gasteiger partial charge is 0.428 e. The molecule has 2 aromatic carbocycles. The maximum atomic E-state index is 13.5. The second kappa shape index (κ2) is 12.6. The summed E-state index contributed by atoms with van der Waals surface area (Å²) >= 11 is 0. The number of carbonyl (C=O) groups excluding carboxylic acids is 3. The van der Waals surface area contributed by atoms with Crippen LogP contribution in [0.3, 0.4) is 0 Å². The molecule has 3 rings (SSSR count). The summed E-state index contributed by atoms with van der Waals surface area (Å²) in [6.07, 6.45) is 2.90. The first-order chi connectivity index (χ1) is 18.4. The minimum Gasteiger partial charge on any atom is -0.490 e. The van der Waals surface area contributed by atoms with Crippen molar-refractivity contribution in [2.24, 2.45) is 0 Å². The normalized spacial score (nSPS) is 11.2. The van der Waals surface area contributed by atoms with Gasteiger partial charge in [-0.25, -0.2) is 19.0 Å². The van der Waals surface area contributed by atoms with Crippen molar-refractivity contribution in [1.82, 2.24) is 15.4 Å². The van der Waals surface area contributed by atoms with Gasteiger partial charge in [0.25, 0.3) is 5.91 Å². The second-order valence-corrected chi connectivity index (χ2v) is 10.0. The van der Waals surface area contributed by atoms with Crippen LogP contribution in [0.1, 0.15) is 72.4 Å². The van der Waals surface area contributed by atoms with Crippen LogP contribution in [-0.4, -0.2) is 54.3 Å². The van der Waals surface area contributed by atoms with Crippen molar-refractivity contribution in [1.29, 1.82) is 0 Å². The number of unbranched alkanes of at least 4 members (excludes halogenated alkanes) is 1. The molecule has 208 valence electrons. The van der Waals surface area contributed by atoms with Crippen molar-refractivity contribution >= 4 is 28.9 Å². The lowest BCUT2D eigenvalue weighted by atomic mass is 9.98. The van der Waals surface area contributed by atoms with E-state index in [0.717, 1.165) is 29.0 Å². The van der Waals surface area contributed by atoms with Gasteiger partial charge in [-0.1, -0.05) is 25.5 Å². The number of methoxy groups -OCH3 is 1. The average molecular weight is 540 g/mol. The molecule has 0 aliphatic heterocycles. The Balaban J connectivity index is 2.11. The van der Waals surface area contributed by atoms with Gasteiger partial charge in [0.15, 0.2) is 5.75 Å². The van der Waals surface area contributed by atoms with Gasteiger partial charge < -0.3 is 14.2 Å². The van der Waals surface area contributed by atoms with Crippen LogP contribution >= 0.6 is 0 Å². The SMILES string of the molecule is CCCCOc1c(C(=O)OC)cc(C(=O)NN(C)C(=O)OC(C)(C)C)c2cc(Cc3ccc(F)cc3)cnc12. The fraction of sp³-hybridized carbons (Fsp3) is 0.379. The van der Waals surface area contributed by atoms with Crippen LogP contribution in [0.4, 0.5) is 9.18 Å². The van der Waals surface area contributed by atoms with E-state index in [9.17, 15) is 18.8 Å². The molecule has 1 heterocycles. The number of benzene rings is 2. The van der Waals surface area contributed by atoms with Crippen LogP contribution in [0.5, 0.6) is 5.75 Å². The number of fused-ring (bicyclic) bond motifs is 1. The predicted molar refractivity (Wildman–Crippen MR) is 144 cm³/mol. The molecule has 0 saturated carbocycles. The molecule has 0 radical (unpaired) electrons. The fourth-order valence-electron chi connectivity index (χ4n) is 3.75. The van der Waals surface area contributed by atoms with Crippen LogP contribution < -0.4 is 10.2 Å². The van der Waals surface area contributed by atoms with Crippen molar-refractivity contribution in [3.8, 4) is 5.75 Å². The zero-order chi connectivity index (χ0) is 28.7. The fourth-order valence-corrected chi connectivity index (χ4v) is 3.75. The summed E-state index contributed by atoms with van der Waals surface area (Å²) in [5, 5.41) is 1.34. The number of rotatable bonds is 8. The molecule has 3 aromatic rings. The Morgan fingerprint density at radius 2 is 1.74 bits per heavy atom. The number of halogens is 1. The Kier molecular flexibility index (Phi) is 9.45. The van der Waals surface area contributed by atoms with Crippen LogP contribution in [0, 0.1) is 5.82 Å². The maximum absolute atomic E-state index is 13.5. The van der Waals surface area contributed by atoms with Crippen molar-refractivity contribution in [3.63, 3.8) is 0 Å². The number of carbonyl (C=O) groups is 3. The zero-order valence-corrected chi connectivity index (χ0v) is 23.1. The van der Waals surface area contributed by atoms with Gasteiger partial charge in [-0.05, 0) is 69.0 Å². The first kappa shape index (κ1) is 29.3. The number of aromatic nitrogens is 1. The number of amides is 2. The van der Waals surface area contributed by atoms with E-state index < -0.39 is 23.6 Å². The second-order valence-electron chi connectivity index (χ2n) is 10.0. The van der Waals surface area contributed by atoms with E-state index in [-0.39, 0.29) is 22.7 Å². The minimum atomic E-state index is -0.766. The van der Waals surface area contributed by atoms with Crippen LogP contribution in [0.15, 0.2) is 42.6 Å². The highest BCUT2D eigenvalue weighted by Gasteiger charge is 2.26. The number of pyridine rings is 1. The first-order valence-electron chi connectivity index (χ1n) is 12.6. The van der Waals surface area contributed by atoms with Crippen LogP contribution in [-0.2, 0) is 15.9 Å². The molecule has 0 unspecified atom stereocenters. The van der Waals surface area contributed by atoms with Crippen molar-refractivity contribution in [3.05, 3.63) is 70.7 Å². The van der Waals surface area contributed by atoms with Crippen LogP contribution in [0.25, 0.3) is 10.9 Å². The number of nitrogens with one attached hydrogen (secondary N) is 1. The number of nitrogens with zero attached hydrogens (tertiary/aromatic N) is 2. The van der Waals surface area contributed by atoms with Crippen molar-refractivity contribution in [2.75, 3.05) is 20.8 Å². The molecule has 0 bridgehead atoms. The lowest BCUT2D eigenvalue weighted by Gasteiger charge is -2.25. The van der Waals surface area contributed by atoms with E-state index in [1.165, 1.54) is 32.4 Å². The lowest BCUT2D eigenvalue weighted by molar-refractivity contribution is 0.0195. The quantitative estimate of drug-likeness (QED) is 0.231. The third kappa shape index (κ3) is 7.66. The van der Waals surface area contributed by atoms with Gasteiger partial charge in [0.1, 0.15) is 22.5 Å². The van der Waals surface area contributed by atoms with E-state index in [4.69, 9.17) is 14.2 Å². The van der Waals surface area contributed by atoms with E-state index >= 15 is 0 Å². The highest BCUT2D eigenvalue weighted by Crippen LogP contribution is 2.33. The molecule has 0 fully saturated rings. The van der Waals surface area contributed by atoms with Gasteiger partial charge in [0.05, 0.1) is 19.3 Å². The summed E-state index contributed by atoms with van der Waals surface area (Å²) in [6.45, 7) is 7.48. The largest absolute Gasteiger partial charge is 0.490 e. The molecule has 2 amide bonds. The molecule has 9 nitrogen and oxygen atoms in total. The Hall–Kier alpha value is -4.21. The molecule has 0 atom stereocenters. The van der Waals surface area contributed by atoms with E-state index in [2.05, 4.69) is 10.4 Å².